The second-order valence-electron chi connectivity index (χ2n) is 11.6. The Labute approximate surface area is 275 Å². The fourth-order valence-corrected chi connectivity index (χ4v) is 7.43. The topological polar surface area (TPSA) is 176 Å². The Morgan fingerprint density at radius 2 is 1.28 bits per heavy atom. The van der Waals surface area contributed by atoms with Crippen LogP contribution in [0.15, 0.2) is 91.0 Å². The molecule has 0 fully saturated rings. The van der Waals surface area contributed by atoms with Crippen molar-refractivity contribution in [3.63, 3.8) is 0 Å². The van der Waals surface area contributed by atoms with Crippen molar-refractivity contribution in [2.24, 2.45) is 11.7 Å². The Balaban J connectivity index is 2.05. The van der Waals surface area contributed by atoms with Crippen molar-refractivity contribution in [1.29, 1.82) is 0 Å². The maximum absolute atomic E-state index is 13.9. The molecule has 3 aromatic carbocycles. The van der Waals surface area contributed by atoms with Gasteiger partial charge < -0.3 is 26.6 Å². The molecular formula is C34H43N3O7S2. The first-order valence-corrected chi connectivity index (χ1v) is 18.0. The van der Waals surface area contributed by atoms with Crippen molar-refractivity contribution >= 4 is 39.4 Å². The summed E-state index contributed by atoms with van der Waals surface area (Å²) in [5, 5.41) is 25.4. The summed E-state index contributed by atoms with van der Waals surface area (Å²) in [6, 6.07) is 26.0. The molecule has 3 aromatic rings. The fraction of sp³-hybridized carbons (Fsp3) is 0.382. The minimum absolute atomic E-state index is 0.0366. The molecule has 0 spiro atoms. The lowest BCUT2D eigenvalue weighted by Crippen LogP contribution is -2.57. The Morgan fingerprint density at radius 1 is 0.826 bits per heavy atom. The van der Waals surface area contributed by atoms with Crippen molar-refractivity contribution in [2.75, 3.05) is 17.8 Å². The standard InChI is InChI=1S/C34H43N3O7S2/c1-23(2)31(29(38)21-30(39)40)37-33(42)28(36-32(41)27(35)19-20-46(3,43)44)22-45-34(24-13-7-4-8-14-24,25-15-9-5-10-16-25)26-17-11-6-12-18-26/h4-18,23,27-29,31,38H,19-22,35H2,1-3H3,(H,36,41)(H,37,42)(H,39,40)/t27-,28-,29?,31?/m0/s1. The number of thioether (sulfide) groups is 1. The number of carbonyl (C=O) groups excluding carboxylic acids is 2. The van der Waals surface area contributed by atoms with Crippen LogP contribution in [0.5, 0.6) is 0 Å². The normalized spacial score (nSPS) is 14.6. The summed E-state index contributed by atoms with van der Waals surface area (Å²) in [6.07, 6.45) is -1.04. The quantitative estimate of drug-likeness (QED) is 0.135. The summed E-state index contributed by atoms with van der Waals surface area (Å²) in [5.41, 5.74) is 8.86. The van der Waals surface area contributed by atoms with Crippen molar-refractivity contribution in [2.45, 2.75) is 55.7 Å². The van der Waals surface area contributed by atoms with Gasteiger partial charge >= 0.3 is 5.97 Å². The first kappa shape index (κ1) is 36.8. The molecule has 6 N–H and O–H groups in total. The predicted molar refractivity (Wildman–Crippen MR) is 181 cm³/mol. The predicted octanol–water partition coefficient (Wildman–Crippen LogP) is 2.93. The Morgan fingerprint density at radius 3 is 1.67 bits per heavy atom. The molecule has 0 saturated heterocycles. The van der Waals surface area contributed by atoms with Gasteiger partial charge in [-0.15, -0.1) is 11.8 Å². The lowest BCUT2D eigenvalue weighted by atomic mass is 9.84. The molecule has 4 atom stereocenters. The molecule has 248 valence electrons. The van der Waals surface area contributed by atoms with E-state index in [1.165, 1.54) is 11.8 Å². The molecule has 12 heteroatoms. The van der Waals surface area contributed by atoms with Gasteiger partial charge in [0, 0.05) is 12.0 Å². The van der Waals surface area contributed by atoms with Gasteiger partial charge in [0.1, 0.15) is 15.9 Å². The van der Waals surface area contributed by atoms with Crippen molar-refractivity contribution in [3.8, 4) is 0 Å². The zero-order chi connectivity index (χ0) is 33.9. The minimum atomic E-state index is -3.38. The van der Waals surface area contributed by atoms with Crippen LogP contribution >= 0.6 is 11.8 Å². The van der Waals surface area contributed by atoms with Gasteiger partial charge in [0.15, 0.2) is 0 Å². The van der Waals surface area contributed by atoms with Gasteiger partial charge in [-0.3, -0.25) is 14.4 Å². The van der Waals surface area contributed by atoms with E-state index in [9.17, 15) is 33.0 Å². The van der Waals surface area contributed by atoms with Gasteiger partial charge in [0.25, 0.3) is 0 Å². The lowest BCUT2D eigenvalue weighted by Gasteiger charge is -2.37. The van der Waals surface area contributed by atoms with E-state index in [4.69, 9.17) is 5.73 Å². The third-order valence-corrected chi connectivity index (χ3v) is 10.2. The summed E-state index contributed by atoms with van der Waals surface area (Å²) in [4.78, 5) is 38.5. The molecule has 0 bridgehead atoms. The number of amides is 2. The summed E-state index contributed by atoms with van der Waals surface area (Å²) in [5.74, 6) is -3.17. The molecule has 46 heavy (non-hydrogen) atoms. The van der Waals surface area contributed by atoms with Gasteiger partial charge in [-0.25, -0.2) is 8.42 Å². The Kier molecular flexibility index (Phi) is 13.4. The van der Waals surface area contributed by atoms with Crippen LogP contribution < -0.4 is 16.4 Å². The van der Waals surface area contributed by atoms with Crippen LogP contribution in [0.1, 0.15) is 43.4 Å². The van der Waals surface area contributed by atoms with Crippen LogP contribution in [0.3, 0.4) is 0 Å². The van der Waals surface area contributed by atoms with Crippen molar-refractivity contribution in [1.82, 2.24) is 10.6 Å². The first-order valence-electron chi connectivity index (χ1n) is 15.0. The first-order chi connectivity index (χ1) is 21.7. The highest BCUT2D eigenvalue weighted by atomic mass is 32.2. The van der Waals surface area contributed by atoms with E-state index in [2.05, 4.69) is 10.6 Å². The number of nitrogens with two attached hydrogens (primary N) is 1. The average Bonchev–Trinajstić information content (AvgIpc) is 3.02. The van der Waals surface area contributed by atoms with Crippen LogP contribution in [0, 0.1) is 5.92 Å². The highest BCUT2D eigenvalue weighted by Gasteiger charge is 2.39. The molecular weight excluding hydrogens is 627 g/mol. The number of carbonyl (C=O) groups is 3. The van der Waals surface area contributed by atoms with Gasteiger partial charge in [-0.2, -0.15) is 0 Å². The van der Waals surface area contributed by atoms with Gasteiger partial charge in [-0.1, -0.05) is 105 Å². The van der Waals surface area contributed by atoms with E-state index in [-0.39, 0.29) is 23.8 Å². The fourth-order valence-electron chi connectivity index (χ4n) is 5.19. The summed E-state index contributed by atoms with van der Waals surface area (Å²) < 4.78 is 22.6. The summed E-state index contributed by atoms with van der Waals surface area (Å²) in [6.45, 7) is 3.48. The van der Waals surface area contributed by atoms with E-state index in [1.54, 1.807) is 13.8 Å². The smallest absolute Gasteiger partial charge is 0.306 e. The molecule has 0 aliphatic rings. The van der Waals surface area contributed by atoms with Crippen molar-refractivity contribution < 1.29 is 33.0 Å². The molecule has 0 aliphatic heterocycles. The van der Waals surface area contributed by atoms with Crippen LogP contribution in [0.2, 0.25) is 0 Å². The third-order valence-electron chi connectivity index (χ3n) is 7.60. The third kappa shape index (κ3) is 10.1. The van der Waals surface area contributed by atoms with E-state index >= 15 is 0 Å². The number of rotatable bonds is 17. The molecule has 2 unspecified atom stereocenters. The number of aliphatic hydroxyl groups excluding tert-OH is 1. The lowest BCUT2D eigenvalue weighted by molar-refractivity contribution is -0.140. The van der Waals surface area contributed by atoms with Crippen LogP contribution in [0.4, 0.5) is 0 Å². The maximum atomic E-state index is 13.9. The zero-order valence-electron chi connectivity index (χ0n) is 26.2. The second-order valence-corrected chi connectivity index (χ2v) is 15.1. The number of sulfone groups is 1. The molecule has 3 rings (SSSR count). The number of hydrogen-bond acceptors (Lipinski definition) is 8. The van der Waals surface area contributed by atoms with Crippen molar-refractivity contribution in [3.05, 3.63) is 108 Å². The minimum Gasteiger partial charge on any atom is -0.481 e. The van der Waals surface area contributed by atoms with E-state index in [1.807, 2.05) is 91.0 Å². The number of aliphatic hydroxyl groups is 1. The Bertz CT molecular complexity index is 1440. The van der Waals surface area contributed by atoms with Gasteiger partial charge in [-0.05, 0) is 29.0 Å². The van der Waals surface area contributed by atoms with Crippen LogP contribution in [0.25, 0.3) is 0 Å². The zero-order valence-corrected chi connectivity index (χ0v) is 27.8. The maximum Gasteiger partial charge on any atom is 0.306 e. The summed E-state index contributed by atoms with van der Waals surface area (Å²) >= 11 is 1.42. The number of hydrogen-bond donors (Lipinski definition) is 5. The highest BCUT2D eigenvalue weighted by molar-refractivity contribution is 8.00. The molecule has 2 amide bonds. The highest BCUT2D eigenvalue weighted by Crippen LogP contribution is 2.48. The summed E-state index contributed by atoms with van der Waals surface area (Å²) in [7, 11) is -3.38. The van der Waals surface area contributed by atoms with E-state index < -0.39 is 63.0 Å². The molecule has 10 nitrogen and oxygen atoms in total. The number of benzene rings is 3. The average molecular weight is 670 g/mol. The van der Waals surface area contributed by atoms with Gasteiger partial charge in [0.05, 0.1) is 35.1 Å². The Hall–Kier alpha value is -3.71. The van der Waals surface area contributed by atoms with Crippen LogP contribution in [-0.4, -0.2) is 78.4 Å². The SMILES string of the molecule is CC(C)C(NC(=O)[C@H](CSC(c1ccccc1)(c1ccccc1)c1ccccc1)NC(=O)[C@@H](N)CCS(C)(=O)=O)C(O)CC(=O)O. The number of carboxylic acids is 1. The number of aliphatic carboxylic acids is 1. The largest absolute Gasteiger partial charge is 0.481 e. The van der Waals surface area contributed by atoms with E-state index in [0.717, 1.165) is 22.9 Å². The molecule has 0 saturated carbocycles. The number of carboxylic acid groups (broad SMARTS) is 1. The van der Waals surface area contributed by atoms with E-state index in [0.29, 0.717) is 0 Å². The van der Waals surface area contributed by atoms with Gasteiger partial charge in [0.2, 0.25) is 11.8 Å². The van der Waals surface area contributed by atoms with Crippen LogP contribution in [-0.2, 0) is 29.0 Å². The number of nitrogens with one attached hydrogen (secondary N) is 2. The molecule has 0 radical (unpaired) electrons. The second kappa shape index (κ2) is 16.7. The monoisotopic (exact) mass is 669 g/mol. The molecule has 0 aromatic heterocycles. The molecule has 0 heterocycles. The molecule has 0 aliphatic carbocycles.